The van der Waals surface area contributed by atoms with Crippen molar-refractivity contribution >= 4 is 12.9 Å². The van der Waals surface area contributed by atoms with E-state index in [1.165, 1.54) is 5.47 Å². The van der Waals surface area contributed by atoms with Gasteiger partial charge in [0.1, 0.15) is 12.4 Å². The van der Waals surface area contributed by atoms with Crippen LogP contribution in [0.2, 0.25) is 0 Å². The van der Waals surface area contributed by atoms with E-state index < -0.39 is 0 Å². The number of hydrogen-bond donors (Lipinski definition) is 0. The van der Waals surface area contributed by atoms with E-state index in [1.807, 2.05) is 54.6 Å². The summed E-state index contributed by atoms with van der Waals surface area (Å²) in [6.07, 6.45) is 7.73. The highest BCUT2D eigenvalue weighted by atomic mass is 16.7. The smallest absolute Gasteiger partial charge is 0.489 e. The predicted octanol–water partition coefficient (Wildman–Crippen LogP) is 6.51. The van der Waals surface area contributed by atoms with Crippen molar-refractivity contribution in [2.45, 2.75) is 71.2 Å². The number of allylic oxidation sites excluding steroid dienone is 4. The molecule has 0 saturated carbocycles. The standard InChI is InChI=1S/C28H33BO4/c1-27(2)28(3,4)33-29(32-27)25-16-9-8-13-22(25)17-18-26(30)23-14-10-15-24(19-23)31-20-21-11-6-5-7-12-21/h5-7,10-12,14-15,17-19H,8-9,13,16,20H2,1-4H3. The molecule has 4 nitrogen and oxygen atoms in total. The molecule has 1 saturated heterocycles. The molecular weight excluding hydrogens is 411 g/mol. The lowest BCUT2D eigenvalue weighted by atomic mass is 9.69. The molecule has 1 fully saturated rings. The zero-order chi connectivity index (χ0) is 23.5. The Morgan fingerprint density at radius 1 is 0.970 bits per heavy atom. The molecule has 1 heterocycles. The van der Waals surface area contributed by atoms with Crippen molar-refractivity contribution in [3.63, 3.8) is 0 Å². The van der Waals surface area contributed by atoms with Crippen molar-refractivity contribution in [1.82, 2.24) is 0 Å². The Morgan fingerprint density at radius 3 is 2.39 bits per heavy atom. The minimum Gasteiger partial charge on any atom is -0.489 e. The Kier molecular flexibility index (Phi) is 6.92. The van der Waals surface area contributed by atoms with E-state index in [1.54, 1.807) is 12.1 Å². The van der Waals surface area contributed by atoms with E-state index in [0.29, 0.717) is 17.9 Å². The van der Waals surface area contributed by atoms with Crippen LogP contribution >= 0.6 is 0 Å². The summed E-state index contributed by atoms with van der Waals surface area (Å²) in [7, 11) is -0.347. The SMILES string of the molecule is CC1(C)OB(C2=C(C=CC(=O)c3cccc(OCc4ccccc4)c3)CCCC2)OC1(C)C. The first-order valence-corrected chi connectivity index (χ1v) is 11.8. The van der Waals surface area contributed by atoms with E-state index in [0.717, 1.165) is 36.8 Å². The molecule has 0 spiro atoms. The Morgan fingerprint density at radius 2 is 1.67 bits per heavy atom. The minimum atomic E-state index is -0.368. The zero-order valence-corrected chi connectivity index (χ0v) is 20.1. The number of benzene rings is 2. The van der Waals surface area contributed by atoms with E-state index in [9.17, 15) is 4.79 Å². The monoisotopic (exact) mass is 444 g/mol. The highest BCUT2D eigenvalue weighted by Gasteiger charge is 2.52. The van der Waals surface area contributed by atoms with Gasteiger partial charge in [-0.05, 0) is 82.6 Å². The molecule has 172 valence electrons. The van der Waals surface area contributed by atoms with Crippen molar-refractivity contribution in [2.75, 3.05) is 0 Å². The highest BCUT2D eigenvalue weighted by Crippen LogP contribution is 2.41. The molecule has 2 aromatic rings. The molecule has 1 aliphatic carbocycles. The Balaban J connectivity index is 1.47. The first-order valence-electron chi connectivity index (χ1n) is 11.8. The van der Waals surface area contributed by atoms with Gasteiger partial charge in [0.05, 0.1) is 11.2 Å². The first-order chi connectivity index (χ1) is 15.7. The minimum absolute atomic E-state index is 0.0356. The molecule has 0 amide bonds. The van der Waals surface area contributed by atoms with Gasteiger partial charge in [-0.1, -0.05) is 54.1 Å². The van der Waals surface area contributed by atoms with E-state index in [4.69, 9.17) is 14.0 Å². The van der Waals surface area contributed by atoms with Gasteiger partial charge in [-0.15, -0.1) is 0 Å². The third-order valence-electron chi connectivity index (χ3n) is 6.90. The number of hydrogen-bond acceptors (Lipinski definition) is 4. The molecule has 2 aliphatic rings. The fourth-order valence-electron chi connectivity index (χ4n) is 4.15. The highest BCUT2D eigenvalue weighted by molar-refractivity contribution is 6.55. The van der Waals surface area contributed by atoms with Crippen LogP contribution in [0.4, 0.5) is 0 Å². The first kappa shape index (κ1) is 23.5. The molecule has 0 aromatic heterocycles. The van der Waals surface area contributed by atoms with Gasteiger partial charge in [-0.3, -0.25) is 4.79 Å². The second-order valence-corrected chi connectivity index (χ2v) is 9.85. The Bertz CT molecular complexity index is 1040. The van der Waals surface area contributed by atoms with Crippen LogP contribution in [0, 0.1) is 0 Å². The second kappa shape index (κ2) is 9.70. The fourth-order valence-corrected chi connectivity index (χ4v) is 4.15. The maximum atomic E-state index is 12.9. The average Bonchev–Trinajstić information content (AvgIpc) is 3.03. The Labute approximate surface area is 197 Å². The van der Waals surface area contributed by atoms with Crippen LogP contribution in [-0.4, -0.2) is 24.1 Å². The van der Waals surface area contributed by atoms with E-state index in [-0.39, 0.29) is 24.1 Å². The summed E-state index contributed by atoms with van der Waals surface area (Å²) < 4.78 is 18.5. The molecule has 1 aliphatic heterocycles. The van der Waals surface area contributed by atoms with Crippen molar-refractivity contribution in [3.8, 4) is 5.75 Å². The van der Waals surface area contributed by atoms with Crippen molar-refractivity contribution in [1.29, 1.82) is 0 Å². The lowest BCUT2D eigenvalue weighted by molar-refractivity contribution is 0.00578. The van der Waals surface area contributed by atoms with Gasteiger partial charge < -0.3 is 14.0 Å². The third-order valence-corrected chi connectivity index (χ3v) is 6.90. The van der Waals surface area contributed by atoms with Crippen LogP contribution in [-0.2, 0) is 15.9 Å². The van der Waals surface area contributed by atoms with Gasteiger partial charge in [-0.25, -0.2) is 0 Å². The maximum Gasteiger partial charge on any atom is 0.490 e. The summed E-state index contributed by atoms with van der Waals surface area (Å²) in [5.74, 6) is 0.652. The van der Waals surface area contributed by atoms with Crippen LogP contribution in [0.25, 0.3) is 0 Å². The van der Waals surface area contributed by atoms with Crippen molar-refractivity contribution in [3.05, 3.63) is 88.9 Å². The summed E-state index contributed by atoms with van der Waals surface area (Å²) in [6.45, 7) is 8.76. The van der Waals surface area contributed by atoms with Crippen LogP contribution in [0.3, 0.4) is 0 Å². The van der Waals surface area contributed by atoms with Gasteiger partial charge in [0, 0.05) is 5.56 Å². The quantitative estimate of drug-likeness (QED) is 0.278. The van der Waals surface area contributed by atoms with Crippen molar-refractivity contribution < 1.29 is 18.8 Å². The topological polar surface area (TPSA) is 44.8 Å². The molecule has 0 radical (unpaired) electrons. The number of carbonyl (C=O) groups excluding carboxylic acids is 1. The summed E-state index contributed by atoms with van der Waals surface area (Å²) in [5, 5.41) is 0. The summed E-state index contributed by atoms with van der Waals surface area (Å²) in [5.41, 5.74) is 3.30. The third kappa shape index (κ3) is 5.48. The van der Waals surface area contributed by atoms with Gasteiger partial charge in [0.25, 0.3) is 0 Å². The molecule has 5 heteroatoms. The molecule has 0 N–H and O–H groups in total. The van der Waals surface area contributed by atoms with Gasteiger partial charge >= 0.3 is 7.12 Å². The van der Waals surface area contributed by atoms with E-state index in [2.05, 4.69) is 27.7 Å². The largest absolute Gasteiger partial charge is 0.490 e. The number of carbonyl (C=O) groups is 1. The predicted molar refractivity (Wildman–Crippen MR) is 132 cm³/mol. The number of ether oxygens (including phenoxy) is 1. The van der Waals surface area contributed by atoms with E-state index >= 15 is 0 Å². The van der Waals surface area contributed by atoms with Crippen LogP contribution in [0.1, 0.15) is 69.3 Å². The zero-order valence-electron chi connectivity index (χ0n) is 20.1. The van der Waals surface area contributed by atoms with Crippen molar-refractivity contribution in [2.24, 2.45) is 0 Å². The lowest BCUT2D eigenvalue weighted by Crippen LogP contribution is -2.41. The molecule has 4 rings (SSSR count). The van der Waals surface area contributed by atoms with Gasteiger partial charge in [-0.2, -0.15) is 0 Å². The molecule has 0 atom stereocenters. The molecular formula is C28H33BO4. The molecule has 33 heavy (non-hydrogen) atoms. The lowest BCUT2D eigenvalue weighted by Gasteiger charge is -2.32. The summed E-state index contributed by atoms with van der Waals surface area (Å²) in [6, 6.07) is 17.4. The molecule has 0 unspecified atom stereocenters. The normalized spacial score (nSPS) is 19.8. The molecule has 0 bridgehead atoms. The Hall–Kier alpha value is -2.63. The summed E-state index contributed by atoms with van der Waals surface area (Å²) in [4.78, 5) is 12.9. The van der Waals surface area contributed by atoms with Gasteiger partial charge in [0.2, 0.25) is 0 Å². The summed E-state index contributed by atoms with van der Waals surface area (Å²) >= 11 is 0. The van der Waals surface area contributed by atoms with Crippen LogP contribution < -0.4 is 4.74 Å². The number of rotatable bonds is 7. The van der Waals surface area contributed by atoms with Crippen LogP contribution in [0.15, 0.2) is 77.8 Å². The average molecular weight is 444 g/mol. The maximum absolute atomic E-state index is 12.9. The fraction of sp³-hybridized carbons (Fsp3) is 0.393. The molecule has 2 aromatic carbocycles. The van der Waals surface area contributed by atoms with Crippen LogP contribution in [0.5, 0.6) is 5.75 Å². The second-order valence-electron chi connectivity index (χ2n) is 9.85. The van der Waals surface area contributed by atoms with Gasteiger partial charge in [0.15, 0.2) is 5.78 Å². The number of ketones is 1.